The number of halogens is 5. The maximum absolute atomic E-state index is 14.4. The van der Waals surface area contributed by atoms with E-state index in [1.807, 2.05) is 12.1 Å². The molecule has 0 bridgehead atoms. The molecule has 3 aromatic rings. The number of anilines is 1. The molecule has 0 spiro atoms. The van der Waals surface area contributed by atoms with Crippen LogP contribution in [-0.4, -0.2) is 4.98 Å². The third-order valence-corrected chi connectivity index (χ3v) is 4.53. The molecule has 2 N–H and O–H groups in total. The number of nitrogen functional groups attached to an aromatic ring is 1. The Morgan fingerprint density at radius 2 is 1.47 bits per heavy atom. The molecule has 0 amide bonds. The maximum atomic E-state index is 14.4. The summed E-state index contributed by atoms with van der Waals surface area (Å²) >= 11 is 0. The Hall–Kier alpha value is -3.47. The van der Waals surface area contributed by atoms with Gasteiger partial charge in [0.1, 0.15) is 17.5 Å². The third-order valence-electron chi connectivity index (χ3n) is 4.53. The predicted molar refractivity (Wildman–Crippen MR) is 103 cm³/mol. The molecule has 0 atom stereocenters. The fourth-order valence-corrected chi connectivity index (χ4v) is 3.15. The fraction of sp³-hybridized carbons (Fsp3) is 0.182. The van der Waals surface area contributed by atoms with Crippen molar-refractivity contribution in [3.63, 3.8) is 0 Å². The highest BCUT2D eigenvalue weighted by Crippen LogP contribution is 2.37. The Kier molecular flexibility index (Phi) is 5.74. The van der Waals surface area contributed by atoms with Crippen molar-refractivity contribution in [3.8, 4) is 28.5 Å². The van der Waals surface area contributed by atoms with Crippen molar-refractivity contribution < 1.29 is 22.0 Å². The van der Waals surface area contributed by atoms with Gasteiger partial charge in [-0.25, -0.2) is 26.9 Å². The van der Waals surface area contributed by atoms with E-state index >= 15 is 0 Å². The normalized spacial score (nSPS) is 11.0. The van der Waals surface area contributed by atoms with Crippen LogP contribution in [0.4, 0.5) is 27.8 Å². The molecule has 8 heteroatoms. The summed E-state index contributed by atoms with van der Waals surface area (Å²) in [7, 11) is 0. The van der Waals surface area contributed by atoms with Crippen LogP contribution in [0.2, 0.25) is 0 Å². The quantitative estimate of drug-likeness (QED) is 0.333. The van der Waals surface area contributed by atoms with Gasteiger partial charge in [0, 0.05) is 11.1 Å². The Morgan fingerprint density at radius 1 is 0.933 bits per heavy atom. The second kappa shape index (κ2) is 8.11. The Morgan fingerprint density at radius 3 is 1.97 bits per heavy atom. The first kappa shape index (κ1) is 21.2. The van der Waals surface area contributed by atoms with Gasteiger partial charge in [0.25, 0.3) is 0 Å². The zero-order valence-electron chi connectivity index (χ0n) is 16.0. The highest BCUT2D eigenvalue weighted by atomic mass is 19.2. The largest absolute Gasteiger partial charge is 0.383 e. The van der Waals surface area contributed by atoms with Crippen molar-refractivity contribution >= 4 is 5.82 Å². The second-order valence-corrected chi connectivity index (χ2v) is 7.17. The van der Waals surface area contributed by atoms with E-state index in [0.717, 1.165) is 18.1 Å². The SMILES string of the molecule is CC(C)Cc1ccc(-c2cc(-c3c(F)c(F)c(F)c(F)c3F)c(C#N)c(N)n2)cc1. The number of hydrogen-bond acceptors (Lipinski definition) is 3. The molecule has 154 valence electrons. The Labute approximate surface area is 169 Å². The molecule has 2 aromatic carbocycles. The van der Waals surface area contributed by atoms with E-state index in [9.17, 15) is 27.2 Å². The van der Waals surface area contributed by atoms with Crippen LogP contribution < -0.4 is 5.73 Å². The monoisotopic (exact) mass is 417 g/mol. The summed E-state index contributed by atoms with van der Waals surface area (Å²) in [6.07, 6.45) is 0.832. The second-order valence-electron chi connectivity index (χ2n) is 7.17. The lowest BCUT2D eigenvalue weighted by Gasteiger charge is -2.13. The van der Waals surface area contributed by atoms with Crippen LogP contribution in [0.1, 0.15) is 25.0 Å². The van der Waals surface area contributed by atoms with Gasteiger partial charge in [-0.2, -0.15) is 5.26 Å². The number of rotatable bonds is 4. The van der Waals surface area contributed by atoms with Gasteiger partial charge in [-0.05, 0) is 24.0 Å². The molecule has 3 nitrogen and oxygen atoms in total. The first-order valence-corrected chi connectivity index (χ1v) is 8.97. The van der Waals surface area contributed by atoms with Crippen molar-refractivity contribution in [2.45, 2.75) is 20.3 Å². The average Bonchev–Trinajstić information content (AvgIpc) is 2.71. The summed E-state index contributed by atoms with van der Waals surface area (Å²) in [5.74, 6) is -10.6. The minimum atomic E-state index is -2.28. The standard InChI is InChI=1S/C22H16F5N3/c1-10(2)7-11-3-5-12(6-4-11)15-8-13(14(9-28)22(29)30-15)16-17(23)19(25)21(27)20(26)18(16)24/h3-6,8,10H,7H2,1-2H3,(H2,29,30). The molecular weight excluding hydrogens is 401 g/mol. The summed E-state index contributed by atoms with van der Waals surface area (Å²) in [6.45, 7) is 4.13. The molecule has 0 aliphatic rings. The van der Waals surface area contributed by atoms with Crippen molar-refractivity contribution in [2.24, 2.45) is 5.92 Å². The van der Waals surface area contributed by atoms with Crippen LogP contribution in [0.15, 0.2) is 30.3 Å². The van der Waals surface area contributed by atoms with E-state index in [4.69, 9.17) is 5.73 Å². The summed E-state index contributed by atoms with van der Waals surface area (Å²) in [5, 5.41) is 9.34. The summed E-state index contributed by atoms with van der Waals surface area (Å²) in [4.78, 5) is 4.06. The van der Waals surface area contributed by atoms with Crippen LogP contribution in [-0.2, 0) is 6.42 Å². The van der Waals surface area contributed by atoms with E-state index in [0.29, 0.717) is 11.5 Å². The molecule has 0 radical (unpaired) electrons. The molecule has 1 heterocycles. The van der Waals surface area contributed by atoms with E-state index in [-0.39, 0.29) is 11.5 Å². The summed E-state index contributed by atoms with van der Waals surface area (Å²) in [5.41, 5.74) is 5.21. The molecule has 1 aromatic heterocycles. The topological polar surface area (TPSA) is 62.7 Å². The van der Waals surface area contributed by atoms with Crippen molar-refractivity contribution in [3.05, 3.63) is 70.5 Å². The number of nitriles is 1. The number of aromatic nitrogens is 1. The molecule has 0 aliphatic heterocycles. The lowest BCUT2D eigenvalue weighted by molar-refractivity contribution is 0.381. The van der Waals surface area contributed by atoms with Gasteiger partial charge in [-0.15, -0.1) is 0 Å². The first-order valence-electron chi connectivity index (χ1n) is 8.97. The van der Waals surface area contributed by atoms with Gasteiger partial charge in [-0.3, -0.25) is 0 Å². The number of hydrogen-bond donors (Lipinski definition) is 1. The number of nitrogens with two attached hydrogens (primary N) is 1. The summed E-state index contributed by atoms with van der Waals surface area (Å²) in [6, 6.07) is 9.79. The van der Waals surface area contributed by atoms with Crippen LogP contribution in [0.5, 0.6) is 0 Å². The van der Waals surface area contributed by atoms with Gasteiger partial charge in [0.05, 0.1) is 11.3 Å². The molecule has 0 aliphatic carbocycles. The van der Waals surface area contributed by atoms with Crippen LogP contribution in [0, 0.1) is 46.3 Å². The molecule has 0 saturated carbocycles. The molecule has 0 saturated heterocycles. The zero-order valence-corrected chi connectivity index (χ0v) is 16.0. The van der Waals surface area contributed by atoms with Gasteiger partial charge in [0.2, 0.25) is 5.82 Å². The van der Waals surface area contributed by atoms with Gasteiger partial charge >= 0.3 is 0 Å². The van der Waals surface area contributed by atoms with Gasteiger partial charge < -0.3 is 5.73 Å². The maximum Gasteiger partial charge on any atom is 0.200 e. The Balaban J connectivity index is 2.23. The van der Waals surface area contributed by atoms with E-state index in [1.165, 1.54) is 0 Å². The van der Waals surface area contributed by atoms with Gasteiger partial charge in [-0.1, -0.05) is 38.1 Å². The van der Waals surface area contributed by atoms with E-state index in [2.05, 4.69) is 18.8 Å². The molecule has 0 unspecified atom stereocenters. The van der Waals surface area contributed by atoms with Crippen molar-refractivity contribution in [1.29, 1.82) is 5.26 Å². The van der Waals surface area contributed by atoms with E-state index in [1.54, 1.807) is 18.2 Å². The zero-order chi connectivity index (χ0) is 22.2. The smallest absolute Gasteiger partial charge is 0.200 e. The first-order chi connectivity index (χ1) is 14.1. The lowest BCUT2D eigenvalue weighted by atomic mass is 9.96. The third kappa shape index (κ3) is 3.71. The number of pyridine rings is 1. The van der Waals surface area contributed by atoms with Crippen LogP contribution >= 0.6 is 0 Å². The molecular formula is C22H16F5N3. The highest BCUT2D eigenvalue weighted by Gasteiger charge is 2.29. The fourth-order valence-electron chi connectivity index (χ4n) is 3.15. The minimum absolute atomic E-state index is 0.126. The van der Waals surface area contributed by atoms with E-state index < -0.39 is 45.8 Å². The molecule has 30 heavy (non-hydrogen) atoms. The average molecular weight is 417 g/mol. The highest BCUT2D eigenvalue weighted by molar-refractivity contribution is 5.80. The minimum Gasteiger partial charge on any atom is -0.383 e. The van der Waals surface area contributed by atoms with Crippen molar-refractivity contribution in [2.75, 3.05) is 5.73 Å². The number of benzene rings is 2. The predicted octanol–water partition coefficient (Wildman–Crippen LogP) is 5.76. The summed E-state index contributed by atoms with van der Waals surface area (Å²) < 4.78 is 69.5. The van der Waals surface area contributed by atoms with Crippen molar-refractivity contribution in [1.82, 2.24) is 4.98 Å². The van der Waals surface area contributed by atoms with Gasteiger partial charge in [0.15, 0.2) is 23.3 Å². The van der Waals surface area contributed by atoms with Crippen LogP contribution in [0.3, 0.4) is 0 Å². The lowest BCUT2D eigenvalue weighted by Crippen LogP contribution is -2.07. The Bertz CT molecular complexity index is 1140. The molecule has 0 fully saturated rings. The van der Waals surface area contributed by atoms with Crippen LogP contribution in [0.25, 0.3) is 22.4 Å². The number of nitrogens with zero attached hydrogens (tertiary/aromatic N) is 2. The molecule has 3 rings (SSSR count).